The number of nitrogens with two attached hydrogens (primary N) is 1. The first-order valence-corrected chi connectivity index (χ1v) is 5.72. The number of hydrogen-bond donors (Lipinski definition) is 1. The van der Waals surface area contributed by atoms with Gasteiger partial charge in [0.25, 0.3) is 0 Å². The Morgan fingerprint density at radius 2 is 2.24 bits per heavy atom. The van der Waals surface area contributed by atoms with Crippen LogP contribution in [0.1, 0.15) is 18.9 Å². The van der Waals surface area contributed by atoms with Crippen molar-refractivity contribution in [3.63, 3.8) is 0 Å². The summed E-state index contributed by atoms with van der Waals surface area (Å²) in [6.45, 7) is 2.14. The van der Waals surface area contributed by atoms with Crippen LogP contribution < -0.4 is 10.5 Å². The summed E-state index contributed by atoms with van der Waals surface area (Å²) in [5, 5.41) is 0. The fraction of sp³-hybridized carbons (Fsp3) is 0.462. The molecule has 4 nitrogen and oxygen atoms in total. The van der Waals surface area contributed by atoms with Crippen LogP contribution in [0.3, 0.4) is 0 Å². The van der Waals surface area contributed by atoms with Crippen molar-refractivity contribution in [1.29, 1.82) is 0 Å². The molecular formula is C13H19NO3. The molecule has 1 aromatic rings. The van der Waals surface area contributed by atoms with E-state index in [-0.39, 0.29) is 5.97 Å². The van der Waals surface area contributed by atoms with Crippen LogP contribution in [0.4, 0.5) is 0 Å². The van der Waals surface area contributed by atoms with Gasteiger partial charge in [-0.3, -0.25) is 4.79 Å². The van der Waals surface area contributed by atoms with Gasteiger partial charge in [0.15, 0.2) is 0 Å². The summed E-state index contributed by atoms with van der Waals surface area (Å²) in [4.78, 5) is 11.3. The standard InChI is InChI=1S/C13H19NO3/c1-3-17-13(15)12(14)8-7-10-5-4-6-11(9-10)16-2/h4-6,9,12H,3,7-8,14H2,1-2H3. The number of carbonyl (C=O) groups is 1. The minimum absolute atomic E-state index is 0.338. The molecule has 1 rings (SSSR count). The minimum atomic E-state index is -0.554. The van der Waals surface area contributed by atoms with Gasteiger partial charge in [-0.1, -0.05) is 12.1 Å². The van der Waals surface area contributed by atoms with Gasteiger partial charge in [0.05, 0.1) is 13.7 Å². The summed E-state index contributed by atoms with van der Waals surface area (Å²) in [5.41, 5.74) is 6.82. The van der Waals surface area contributed by atoms with Crippen molar-refractivity contribution in [2.24, 2.45) is 5.73 Å². The van der Waals surface area contributed by atoms with Gasteiger partial charge in [-0.05, 0) is 37.5 Å². The molecule has 17 heavy (non-hydrogen) atoms. The summed E-state index contributed by atoms with van der Waals surface area (Å²) in [6, 6.07) is 7.18. The van der Waals surface area contributed by atoms with Crippen LogP contribution in [0, 0.1) is 0 Å². The molecule has 0 saturated carbocycles. The van der Waals surface area contributed by atoms with E-state index in [1.807, 2.05) is 24.3 Å². The van der Waals surface area contributed by atoms with Crippen LogP contribution in [-0.2, 0) is 16.0 Å². The molecule has 2 N–H and O–H groups in total. The zero-order valence-electron chi connectivity index (χ0n) is 10.3. The first kappa shape index (κ1) is 13.5. The molecule has 0 fully saturated rings. The van der Waals surface area contributed by atoms with Crippen LogP contribution in [0.15, 0.2) is 24.3 Å². The number of esters is 1. The quantitative estimate of drug-likeness (QED) is 0.762. The molecular weight excluding hydrogens is 218 g/mol. The Morgan fingerprint density at radius 3 is 2.88 bits per heavy atom. The normalized spacial score (nSPS) is 11.9. The van der Waals surface area contributed by atoms with E-state index in [9.17, 15) is 4.79 Å². The molecule has 0 aliphatic carbocycles. The van der Waals surface area contributed by atoms with Crippen LogP contribution >= 0.6 is 0 Å². The average Bonchev–Trinajstić information content (AvgIpc) is 2.36. The Balaban J connectivity index is 2.46. The summed E-state index contributed by atoms with van der Waals surface area (Å²) >= 11 is 0. The smallest absolute Gasteiger partial charge is 0.322 e. The van der Waals surface area contributed by atoms with Gasteiger partial charge in [0, 0.05) is 0 Å². The van der Waals surface area contributed by atoms with E-state index in [1.165, 1.54) is 0 Å². The molecule has 1 unspecified atom stereocenters. The maximum absolute atomic E-state index is 11.3. The summed E-state index contributed by atoms with van der Waals surface area (Å²) in [5.74, 6) is 0.475. The SMILES string of the molecule is CCOC(=O)C(N)CCc1cccc(OC)c1. The molecule has 94 valence electrons. The zero-order valence-corrected chi connectivity index (χ0v) is 10.3. The maximum Gasteiger partial charge on any atom is 0.322 e. The van der Waals surface area contributed by atoms with E-state index in [0.29, 0.717) is 13.0 Å². The van der Waals surface area contributed by atoms with Crippen molar-refractivity contribution in [3.8, 4) is 5.75 Å². The van der Waals surface area contributed by atoms with Gasteiger partial charge < -0.3 is 15.2 Å². The topological polar surface area (TPSA) is 61.5 Å². The fourth-order valence-corrected chi connectivity index (χ4v) is 1.52. The molecule has 0 aliphatic rings. The van der Waals surface area contributed by atoms with E-state index < -0.39 is 6.04 Å². The third-order valence-corrected chi connectivity index (χ3v) is 2.47. The van der Waals surface area contributed by atoms with Gasteiger partial charge in [0.1, 0.15) is 11.8 Å². The lowest BCUT2D eigenvalue weighted by Crippen LogP contribution is -2.32. The molecule has 0 saturated heterocycles. The predicted molar refractivity (Wildman–Crippen MR) is 65.9 cm³/mol. The Kier molecular flexibility index (Phi) is 5.49. The largest absolute Gasteiger partial charge is 0.497 e. The molecule has 4 heteroatoms. The fourth-order valence-electron chi connectivity index (χ4n) is 1.52. The van der Waals surface area contributed by atoms with E-state index >= 15 is 0 Å². The molecule has 0 heterocycles. The number of rotatable bonds is 6. The molecule has 0 aromatic heterocycles. The first-order valence-electron chi connectivity index (χ1n) is 5.72. The predicted octanol–water partition coefficient (Wildman–Crippen LogP) is 1.52. The van der Waals surface area contributed by atoms with Crippen molar-refractivity contribution in [1.82, 2.24) is 0 Å². The Hall–Kier alpha value is -1.55. The van der Waals surface area contributed by atoms with Crippen molar-refractivity contribution < 1.29 is 14.3 Å². The lowest BCUT2D eigenvalue weighted by atomic mass is 10.1. The number of carbonyl (C=O) groups excluding carboxylic acids is 1. The first-order chi connectivity index (χ1) is 8.17. The van der Waals surface area contributed by atoms with Crippen molar-refractivity contribution in [2.75, 3.05) is 13.7 Å². The second-order valence-corrected chi connectivity index (χ2v) is 3.75. The maximum atomic E-state index is 11.3. The molecule has 0 bridgehead atoms. The van der Waals surface area contributed by atoms with Gasteiger partial charge in [-0.25, -0.2) is 0 Å². The number of hydrogen-bond acceptors (Lipinski definition) is 4. The molecule has 0 spiro atoms. The highest BCUT2D eigenvalue weighted by molar-refractivity contribution is 5.75. The lowest BCUT2D eigenvalue weighted by Gasteiger charge is -2.10. The summed E-state index contributed by atoms with van der Waals surface area (Å²) in [7, 11) is 1.63. The number of ether oxygens (including phenoxy) is 2. The number of aryl methyl sites for hydroxylation is 1. The molecule has 0 amide bonds. The van der Waals surface area contributed by atoms with E-state index in [1.54, 1.807) is 14.0 Å². The van der Waals surface area contributed by atoms with Crippen molar-refractivity contribution in [2.45, 2.75) is 25.8 Å². The van der Waals surface area contributed by atoms with Crippen LogP contribution in [-0.4, -0.2) is 25.7 Å². The van der Waals surface area contributed by atoms with Gasteiger partial charge in [-0.2, -0.15) is 0 Å². The van der Waals surface area contributed by atoms with Gasteiger partial charge >= 0.3 is 5.97 Å². The third-order valence-electron chi connectivity index (χ3n) is 2.47. The monoisotopic (exact) mass is 237 g/mol. The Bertz CT molecular complexity index is 365. The highest BCUT2D eigenvalue weighted by atomic mass is 16.5. The lowest BCUT2D eigenvalue weighted by molar-refractivity contribution is -0.144. The second-order valence-electron chi connectivity index (χ2n) is 3.75. The van der Waals surface area contributed by atoms with Crippen molar-refractivity contribution in [3.05, 3.63) is 29.8 Å². The van der Waals surface area contributed by atoms with Gasteiger partial charge in [0.2, 0.25) is 0 Å². The van der Waals surface area contributed by atoms with E-state index in [0.717, 1.165) is 17.7 Å². The molecule has 0 aliphatic heterocycles. The van der Waals surface area contributed by atoms with Crippen LogP contribution in [0.5, 0.6) is 5.75 Å². The summed E-state index contributed by atoms with van der Waals surface area (Å²) < 4.78 is 9.97. The van der Waals surface area contributed by atoms with E-state index in [4.69, 9.17) is 15.2 Å². The van der Waals surface area contributed by atoms with E-state index in [2.05, 4.69) is 0 Å². The summed E-state index contributed by atoms with van der Waals surface area (Å²) in [6.07, 6.45) is 1.31. The molecule has 1 atom stereocenters. The Morgan fingerprint density at radius 1 is 1.47 bits per heavy atom. The average molecular weight is 237 g/mol. The number of methoxy groups -OCH3 is 1. The van der Waals surface area contributed by atoms with Crippen LogP contribution in [0.2, 0.25) is 0 Å². The third kappa shape index (κ3) is 4.44. The van der Waals surface area contributed by atoms with Gasteiger partial charge in [-0.15, -0.1) is 0 Å². The molecule has 0 radical (unpaired) electrons. The van der Waals surface area contributed by atoms with Crippen LogP contribution in [0.25, 0.3) is 0 Å². The highest BCUT2D eigenvalue weighted by Crippen LogP contribution is 2.14. The minimum Gasteiger partial charge on any atom is -0.497 e. The Labute approximate surface area is 102 Å². The second kappa shape index (κ2) is 6.91. The van der Waals surface area contributed by atoms with Crippen molar-refractivity contribution >= 4 is 5.97 Å². The highest BCUT2D eigenvalue weighted by Gasteiger charge is 2.14. The number of benzene rings is 1. The molecule has 1 aromatic carbocycles. The zero-order chi connectivity index (χ0) is 12.7.